The van der Waals surface area contributed by atoms with Gasteiger partial charge in [0.25, 0.3) is 0 Å². The van der Waals surface area contributed by atoms with E-state index in [1.54, 1.807) is 20.7 Å². The number of esters is 1. The summed E-state index contributed by atoms with van der Waals surface area (Å²) in [6.45, 7) is 5.05. The molecule has 4 heterocycles. The summed E-state index contributed by atoms with van der Waals surface area (Å²) >= 11 is 0. The minimum Gasteiger partial charge on any atom is -0.468 e. The van der Waals surface area contributed by atoms with E-state index in [0.29, 0.717) is 30.9 Å². The highest BCUT2D eigenvalue weighted by atomic mass is 19.2. The van der Waals surface area contributed by atoms with Crippen LogP contribution in [0.5, 0.6) is 0 Å². The van der Waals surface area contributed by atoms with Gasteiger partial charge in [-0.25, -0.2) is 13.6 Å². The standard InChI is InChI=1S/C25H31F2N7O4/c1-13-11-33-21(12-32(13)25(37)30-15-7-16(26)23(27)17(28)8-15)20(10-29-33)34-14(2)19(9-22(34)35)31-6-4-5-18(31)24(36)38-3/h7-8,10,13-14,18-19H,4-6,9,11-12,28H2,1-3H3,(H,30,37)/t13-,14-,18-,19?/m0/s1. The Morgan fingerprint density at radius 1 is 1.24 bits per heavy atom. The van der Waals surface area contributed by atoms with Crippen molar-refractivity contribution in [3.63, 3.8) is 0 Å². The van der Waals surface area contributed by atoms with Crippen LogP contribution in [0, 0.1) is 11.6 Å². The number of nitrogens with zero attached hydrogens (tertiary/aromatic N) is 5. The fraction of sp³-hybridized carbons (Fsp3) is 0.520. The van der Waals surface area contributed by atoms with Crippen molar-refractivity contribution >= 4 is 35.0 Å². The fourth-order valence-corrected chi connectivity index (χ4v) is 5.91. The first-order valence-corrected chi connectivity index (χ1v) is 12.6. The number of carbonyl (C=O) groups excluding carboxylic acids is 3. The lowest BCUT2D eigenvalue weighted by Crippen LogP contribution is -2.49. The summed E-state index contributed by atoms with van der Waals surface area (Å²) in [7, 11) is 1.37. The number of hydrogen-bond donors (Lipinski definition) is 2. The zero-order valence-electron chi connectivity index (χ0n) is 21.5. The molecule has 3 amide bonds. The molecule has 0 radical (unpaired) electrons. The lowest BCUT2D eigenvalue weighted by Gasteiger charge is -2.36. The highest BCUT2D eigenvalue weighted by Gasteiger charge is 2.47. The molecule has 4 atom stereocenters. The van der Waals surface area contributed by atoms with E-state index in [1.807, 2.05) is 13.8 Å². The second kappa shape index (κ2) is 9.86. The summed E-state index contributed by atoms with van der Waals surface area (Å²) in [5, 5.41) is 7.06. The van der Waals surface area contributed by atoms with Crippen LogP contribution in [0.25, 0.3) is 0 Å². The van der Waals surface area contributed by atoms with Gasteiger partial charge in [-0.3, -0.25) is 19.2 Å². The van der Waals surface area contributed by atoms with Crippen molar-refractivity contribution in [1.82, 2.24) is 19.6 Å². The maximum absolute atomic E-state index is 13.8. The number of anilines is 3. The number of benzene rings is 1. The molecule has 1 aromatic heterocycles. The molecular formula is C25H31F2N7O4. The monoisotopic (exact) mass is 531 g/mol. The number of aromatic nitrogens is 2. The van der Waals surface area contributed by atoms with Crippen LogP contribution >= 0.6 is 0 Å². The maximum atomic E-state index is 13.8. The Hall–Kier alpha value is -3.74. The third-order valence-electron chi connectivity index (χ3n) is 7.85. The molecule has 0 spiro atoms. The van der Waals surface area contributed by atoms with Crippen LogP contribution in [0.2, 0.25) is 0 Å². The summed E-state index contributed by atoms with van der Waals surface area (Å²) in [6, 6.07) is 0.496. The Balaban J connectivity index is 1.36. The molecular weight excluding hydrogens is 500 g/mol. The number of ether oxygens (including phenoxy) is 1. The average Bonchev–Trinajstić information content (AvgIpc) is 3.58. The van der Waals surface area contributed by atoms with E-state index < -0.39 is 23.4 Å². The molecule has 0 aliphatic carbocycles. The maximum Gasteiger partial charge on any atom is 0.323 e. The van der Waals surface area contributed by atoms with Crippen LogP contribution in [0.1, 0.15) is 38.8 Å². The van der Waals surface area contributed by atoms with E-state index in [2.05, 4.69) is 15.3 Å². The van der Waals surface area contributed by atoms with Crippen molar-refractivity contribution in [2.24, 2.45) is 0 Å². The molecule has 2 fully saturated rings. The summed E-state index contributed by atoms with van der Waals surface area (Å²) in [5.74, 6) is -2.70. The van der Waals surface area contributed by atoms with Crippen molar-refractivity contribution < 1.29 is 27.9 Å². The average molecular weight is 532 g/mol. The van der Waals surface area contributed by atoms with Gasteiger partial charge in [0.05, 0.1) is 55.5 Å². The van der Waals surface area contributed by atoms with Gasteiger partial charge in [-0.1, -0.05) is 0 Å². The van der Waals surface area contributed by atoms with Gasteiger partial charge in [0.2, 0.25) is 5.91 Å². The minimum atomic E-state index is -1.17. The van der Waals surface area contributed by atoms with Crippen molar-refractivity contribution in [1.29, 1.82) is 0 Å². The molecule has 11 nitrogen and oxygen atoms in total. The Bertz CT molecular complexity index is 1260. The quantitative estimate of drug-likeness (QED) is 0.458. The predicted octanol–water partition coefficient (Wildman–Crippen LogP) is 2.31. The molecule has 3 aliphatic rings. The van der Waals surface area contributed by atoms with Crippen LogP contribution in [0.15, 0.2) is 18.3 Å². The normalized spacial score (nSPS) is 25.6. The zero-order valence-corrected chi connectivity index (χ0v) is 21.5. The van der Waals surface area contributed by atoms with Gasteiger partial charge in [-0.05, 0) is 39.3 Å². The molecule has 13 heteroatoms. The van der Waals surface area contributed by atoms with Crippen LogP contribution in [-0.2, 0) is 27.4 Å². The second-order valence-electron chi connectivity index (χ2n) is 10.1. The Morgan fingerprint density at radius 2 is 2.00 bits per heavy atom. The van der Waals surface area contributed by atoms with E-state index in [0.717, 1.165) is 18.6 Å². The molecule has 3 aliphatic heterocycles. The fourth-order valence-electron chi connectivity index (χ4n) is 5.91. The Kier molecular flexibility index (Phi) is 6.72. The van der Waals surface area contributed by atoms with Gasteiger partial charge >= 0.3 is 12.0 Å². The van der Waals surface area contributed by atoms with E-state index in [-0.39, 0.29) is 54.7 Å². The SMILES string of the molecule is COC(=O)[C@@H]1CCCN1C1CC(=O)N(c2cnn3c2CN(C(=O)Nc2cc(N)c(F)c(F)c2)[C@@H](C)C3)[C@H]1C. The summed E-state index contributed by atoms with van der Waals surface area (Å²) < 4.78 is 34.1. The largest absolute Gasteiger partial charge is 0.468 e. The summed E-state index contributed by atoms with van der Waals surface area (Å²) in [5.41, 5.74) is 6.43. The van der Waals surface area contributed by atoms with Gasteiger partial charge in [0.1, 0.15) is 6.04 Å². The first kappa shape index (κ1) is 25.9. The van der Waals surface area contributed by atoms with Crippen molar-refractivity contribution in [3.05, 3.63) is 35.7 Å². The first-order chi connectivity index (χ1) is 18.1. The van der Waals surface area contributed by atoms with Crippen molar-refractivity contribution in [2.75, 3.05) is 29.6 Å². The van der Waals surface area contributed by atoms with E-state index >= 15 is 0 Å². The number of fused-ring (bicyclic) bond motifs is 1. The molecule has 0 bridgehead atoms. The zero-order chi connectivity index (χ0) is 27.3. The molecule has 0 saturated carbocycles. The summed E-state index contributed by atoms with van der Waals surface area (Å²) in [4.78, 5) is 44.0. The van der Waals surface area contributed by atoms with Gasteiger partial charge < -0.3 is 25.6 Å². The highest BCUT2D eigenvalue weighted by Crippen LogP contribution is 2.37. The number of halogens is 2. The molecule has 5 rings (SSSR count). The van der Waals surface area contributed by atoms with E-state index in [9.17, 15) is 23.2 Å². The number of rotatable bonds is 4. The highest BCUT2D eigenvalue weighted by molar-refractivity contribution is 5.98. The number of methoxy groups -OCH3 is 1. The number of hydrogen-bond acceptors (Lipinski definition) is 7. The van der Waals surface area contributed by atoms with E-state index in [4.69, 9.17) is 10.5 Å². The number of carbonyl (C=O) groups is 3. The lowest BCUT2D eigenvalue weighted by molar-refractivity contribution is -0.146. The molecule has 2 aromatic rings. The first-order valence-electron chi connectivity index (χ1n) is 12.6. The van der Waals surface area contributed by atoms with Gasteiger partial charge in [0.15, 0.2) is 11.6 Å². The van der Waals surface area contributed by atoms with Gasteiger partial charge in [-0.15, -0.1) is 0 Å². The molecule has 204 valence electrons. The topological polar surface area (TPSA) is 126 Å². The molecule has 3 N–H and O–H groups in total. The second-order valence-corrected chi connectivity index (χ2v) is 10.1. The summed E-state index contributed by atoms with van der Waals surface area (Å²) in [6.07, 6.45) is 3.44. The molecule has 2 saturated heterocycles. The number of nitrogen functional groups attached to an aromatic ring is 1. The lowest BCUT2D eigenvalue weighted by atomic mass is 10.1. The number of nitrogens with one attached hydrogen (secondary N) is 1. The van der Waals surface area contributed by atoms with Crippen LogP contribution in [-0.4, -0.2) is 75.3 Å². The van der Waals surface area contributed by atoms with Gasteiger partial charge in [-0.2, -0.15) is 5.10 Å². The number of urea groups is 1. The number of likely N-dealkylation sites (tertiary alicyclic amines) is 1. The molecule has 1 aromatic carbocycles. The van der Waals surface area contributed by atoms with Gasteiger partial charge in [0, 0.05) is 24.2 Å². The number of amides is 3. The number of nitrogens with two attached hydrogens (primary N) is 1. The van der Waals surface area contributed by atoms with Crippen LogP contribution in [0.3, 0.4) is 0 Å². The third-order valence-corrected chi connectivity index (χ3v) is 7.85. The molecule has 1 unspecified atom stereocenters. The van der Waals surface area contributed by atoms with Crippen molar-refractivity contribution in [2.45, 2.75) is 70.4 Å². The minimum absolute atomic E-state index is 0.0369. The van der Waals surface area contributed by atoms with E-state index in [1.165, 1.54) is 7.11 Å². The van der Waals surface area contributed by atoms with Crippen molar-refractivity contribution in [3.8, 4) is 0 Å². The Morgan fingerprint density at radius 3 is 2.71 bits per heavy atom. The Labute approximate surface area is 218 Å². The third kappa shape index (κ3) is 4.34. The smallest absolute Gasteiger partial charge is 0.323 e. The molecule has 38 heavy (non-hydrogen) atoms. The van der Waals surface area contributed by atoms with Crippen LogP contribution < -0.4 is 16.0 Å². The van der Waals surface area contributed by atoms with Crippen LogP contribution in [0.4, 0.5) is 30.6 Å². The predicted molar refractivity (Wildman–Crippen MR) is 134 cm³/mol.